The number of carbonyl (C=O) groups is 1. The lowest BCUT2D eigenvalue weighted by Crippen LogP contribution is -2.46. The van der Waals surface area contributed by atoms with E-state index in [1.807, 2.05) is 26.0 Å². The minimum atomic E-state index is -3.88. The van der Waals surface area contributed by atoms with Gasteiger partial charge in [-0.05, 0) is 87.1 Å². The van der Waals surface area contributed by atoms with E-state index in [-0.39, 0.29) is 29.6 Å². The van der Waals surface area contributed by atoms with Gasteiger partial charge in [-0.1, -0.05) is 11.6 Å². The first-order valence-electron chi connectivity index (χ1n) is 12.9. The predicted octanol–water partition coefficient (Wildman–Crippen LogP) is 4.16. The fraction of sp³-hybridized carbons (Fsp3) is 0.321. The van der Waals surface area contributed by atoms with Crippen molar-refractivity contribution in [2.75, 3.05) is 0 Å². The molecule has 0 bridgehead atoms. The fourth-order valence-electron chi connectivity index (χ4n) is 5.67. The molecule has 0 N–H and O–H groups in total. The Hall–Kier alpha value is -3.99. The summed E-state index contributed by atoms with van der Waals surface area (Å²) in [4.78, 5) is 22.7. The van der Waals surface area contributed by atoms with Crippen LogP contribution in [-0.2, 0) is 22.8 Å². The summed E-state index contributed by atoms with van der Waals surface area (Å²) >= 11 is 0. The van der Waals surface area contributed by atoms with Crippen molar-refractivity contribution in [2.45, 2.75) is 56.5 Å². The SMILES string of the molecule is CCn1cnc(S(=O)(=O)[C@H]2CCC3=Cc4c(cnn4-c4ccc(F)cc4)C[C@]3(C(=O)c3ccc(C)cn3)C2)n1. The van der Waals surface area contributed by atoms with Gasteiger partial charge in [0, 0.05) is 12.7 Å². The normalized spacial score (nSPS) is 20.7. The highest BCUT2D eigenvalue weighted by Crippen LogP contribution is 2.51. The van der Waals surface area contributed by atoms with Crippen molar-refractivity contribution in [1.29, 1.82) is 0 Å². The van der Waals surface area contributed by atoms with E-state index in [4.69, 9.17) is 0 Å². The number of pyridine rings is 1. The van der Waals surface area contributed by atoms with Gasteiger partial charge in [0.2, 0.25) is 9.84 Å². The van der Waals surface area contributed by atoms with Crippen molar-refractivity contribution in [2.24, 2.45) is 5.41 Å². The quantitative estimate of drug-likeness (QED) is 0.334. The molecule has 200 valence electrons. The third-order valence-electron chi connectivity index (χ3n) is 7.80. The maximum atomic E-state index is 14.2. The molecule has 0 unspecified atom stereocenters. The first-order chi connectivity index (χ1) is 18.7. The topological polar surface area (TPSA) is 113 Å². The van der Waals surface area contributed by atoms with Crippen LogP contribution in [0.5, 0.6) is 0 Å². The second-order valence-electron chi connectivity index (χ2n) is 10.2. The van der Waals surface area contributed by atoms with Crippen LogP contribution in [0.25, 0.3) is 11.8 Å². The number of allylic oxidation sites excluding steroid dienone is 1. The summed E-state index contributed by atoms with van der Waals surface area (Å²) < 4.78 is 44.1. The molecule has 3 aromatic heterocycles. The highest BCUT2D eigenvalue weighted by atomic mass is 32.2. The van der Waals surface area contributed by atoms with E-state index in [0.29, 0.717) is 30.8 Å². The van der Waals surface area contributed by atoms with E-state index >= 15 is 0 Å². The third kappa shape index (κ3) is 4.21. The number of fused-ring (bicyclic) bond motifs is 2. The van der Waals surface area contributed by atoms with Crippen LogP contribution < -0.4 is 0 Å². The molecule has 0 aliphatic heterocycles. The number of ketones is 1. The number of benzene rings is 1. The largest absolute Gasteiger partial charge is 0.291 e. The number of hydrogen-bond donors (Lipinski definition) is 0. The first-order valence-corrected chi connectivity index (χ1v) is 14.4. The van der Waals surface area contributed by atoms with Gasteiger partial charge < -0.3 is 0 Å². The molecule has 0 spiro atoms. The summed E-state index contributed by atoms with van der Waals surface area (Å²) in [7, 11) is -3.88. The van der Waals surface area contributed by atoms with Gasteiger partial charge in [0.1, 0.15) is 17.8 Å². The zero-order valence-electron chi connectivity index (χ0n) is 21.6. The molecule has 2 atom stereocenters. The summed E-state index contributed by atoms with van der Waals surface area (Å²) in [5, 5.41) is 7.66. The number of halogens is 1. The smallest absolute Gasteiger partial charge is 0.267 e. The van der Waals surface area contributed by atoms with Gasteiger partial charge in [0.05, 0.1) is 28.2 Å². The van der Waals surface area contributed by atoms with Gasteiger partial charge >= 0.3 is 0 Å². The zero-order chi connectivity index (χ0) is 27.4. The molecule has 11 heteroatoms. The average Bonchev–Trinajstić information content (AvgIpc) is 3.59. The van der Waals surface area contributed by atoms with Crippen molar-refractivity contribution in [1.82, 2.24) is 29.5 Å². The molecule has 1 aromatic carbocycles. The lowest BCUT2D eigenvalue weighted by Gasteiger charge is -2.43. The van der Waals surface area contributed by atoms with Gasteiger partial charge in [-0.3, -0.25) is 14.5 Å². The summed E-state index contributed by atoms with van der Waals surface area (Å²) in [6.07, 6.45) is 7.83. The lowest BCUT2D eigenvalue weighted by molar-refractivity contribution is 0.0796. The van der Waals surface area contributed by atoms with Gasteiger partial charge in [-0.15, -0.1) is 5.10 Å². The number of hydrogen-bond acceptors (Lipinski definition) is 7. The molecule has 9 nitrogen and oxygen atoms in total. The number of carbonyl (C=O) groups excluding carboxylic acids is 1. The highest BCUT2D eigenvalue weighted by Gasteiger charge is 2.52. The van der Waals surface area contributed by atoms with E-state index < -0.39 is 20.5 Å². The van der Waals surface area contributed by atoms with Crippen LogP contribution in [0.4, 0.5) is 4.39 Å². The monoisotopic (exact) mass is 546 g/mol. The molecule has 1 fully saturated rings. The predicted molar refractivity (Wildman–Crippen MR) is 141 cm³/mol. The van der Waals surface area contributed by atoms with E-state index in [1.54, 1.807) is 35.3 Å². The summed E-state index contributed by atoms with van der Waals surface area (Å²) in [5.74, 6) is -0.549. The van der Waals surface area contributed by atoms with E-state index in [9.17, 15) is 17.6 Å². The van der Waals surface area contributed by atoms with Gasteiger partial charge in [0.25, 0.3) is 5.16 Å². The van der Waals surface area contributed by atoms with Crippen molar-refractivity contribution in [3.8, 4) is 5.69 Å². The van der Waals surface area contributed by atoms with Gasteiger partial charge in [-0.25, -0.2) is 22.5 Å². The lowest BCUT2D eigenvalue weighted by atomic mass is 9.61. The van der Waals surface area contributed by atoms with Crippen LogP contribution in [0.3, 0.4) is 0 Å². The van der Waals surface area contributed by atoms with Crippen LogP contribution in [-0.4, -0.2) is 49.0 Å². The molecular formula is C28H27FN6O3S. The fourth-order valence-corrected chi connectivity index (χ4v) is 7.32. The van der Waals surface area contributed by atoms with E-state index in [0.717, 1.165) is 22.4 Å². The molecule has 0 saturated heterocycles. The van der Waals surface area contributed by atoms with Gasteiger partial charge in [-0.2, -0.15) is 5.10 Å². The molecule has 2 aliphatic carbocycles. The van der Waals surface area contributed by atoms with Crippen LogP contribution in [0, 0.1) is 18.2 Å². The Labute approximate surface area is 225 Å². The number of rotatable bonds is 6. The average molecular weight is 547 g/mol. The molecule has 39 heavy (non-hydrogen) atoms. The van der Waals surface area contributed by atoms with E-state index in [1.165, 1.54) is 23.1 Å². The van der Waals surface area contributed by atoms with Crippen molar-refractivity contribution in [3.63, 3.8) is 0 Å². The second-order valence-corrected chi connectivity index (χ2v) is 12.3. The summed E-state index contributed by atoms with van der Waals surface area (Å²) in [6, 6.07) is 9.58. The molecule has 1 saturated carbocycles. The molecule has 0 amide bonds. The molecule has 0 radical (unpaired) electrons. The van der Waals surface area contributed by atoms with Crippen LogP contribution >= 0.6 is 0 Å². The van der Waals surface area contributed by atoms with Crippen molar-refractivity contribution in [3.05, 3.63) is 89.0 Å². The highest BCUT2D eigenvalue weighted by molar-refractivity contribution is 7.91. The number of aromatic nitrogens is 6. The summed E-state index contributed by atoms with van der Waals surface area (Å²) in [6.45, 7) is 4.26. The number of nitrogens with zero attached hydrogens (tertiary/aromatic N) is 6. The van der Waals surface area contributed by atoms with Crippen LogP contribution in [0.2, 0.25) is 0 Å². The van der Waals surface area contributed by atoms with Crippen molar-refractivity contribution < 1.29 is 17.6 Å². The number of sulfone groups is 1. The first kappa shape index (κ1) is 25.3. The zero-order valence-corrected chi connectivity index (χ0v) is 22.4. The van der Waals surface area contributed by atoms with E-state index in [2.05, 4.69) is 20.2 Å². The minimum Gasteiger partial charge on any atom is -0.291 e. The van der Waals surface area contributed by atoms with Gasteiger partial charge in [0.15, 0.2) is 5.78 Å². The van der Waals surface area contributed by atoms with Crippen LogP contribution in [0.1, 0.15) is 53.5 Å². The Bertz CT molecular complexity index is 1710. The molecule has 2 aliphatic rings. The Morgan fingerprint density at radius 3 is 2.62 bits per heavy atom. The maximum absolute atomic E-state index is 14.2. The third-order valence-corrected chi connectivity index (χ3v) is 9.77. The Balaban J connectivity index is 1.44. The standard InChI is InChI=1S/C28H27FN6O3S/c1-3-34-17-31-27(33-34)39(37,38)23-10-5-20-12-25-19(16-32-35(25)22-8-6-21(29)7-9-22)13-28(20,14-23)26(36)24-11-4-18(2)15-30-24/h4,6-9,11-12,15-17,23H,3,5,10,13-14H2,1-2H3/t23-,28-/m0/s1. The number of Topliss-reactive ketones (excluding diaryl/α,β-unsaturated/α-hetero) is 1. The maximum Gasteiger partial charge on any atom is 0.267 e. The Morgan fingerprint density at radius 2 is 1.92 bits per heavy atom. The molecule has 3 heterocycles. The second kappa shape index (κ2) is 9.33. The Kier molecular flexibility index (Phi) is 6.05. The van der Waals surface area contributed by atoms with Crippen LogP contribution in [0.15, 0.2) is 65.8 Å². The minimum absolute atomic E-state index is 0.0946. The van der Waals surface area contributed by atoms with Crippen molar-refractivity contribution >= 4 is 21.7 Å². The molecule has 6 rings (SSSR count). The summed E-state index contributed by atoms with van der Waals surface area (Å²) in [5.41, 5.74) is 3.29. The Morgan fingerprint density at radius 1 is 1.13 bits per heavy atom. The molecule has 4 aromatic rings. The molecular weight excluding hydrogens is 519 g/mol. The number of aryl methyl sites for hydroxylation is 2.